The number of hydrogen-bond donors (Lipinski definition) is 0. The zero-order chi connectivity index (χ0) is 11.4. The molecule has 0 spiro atoms. The second kappa shape index (κ2) is 5.99. The summed E-state index contributed by atoms with van der Waals surface area (Å²) in [5.74, 6) is 0.536. The third-order valence-corrected chi connectivity index (χ3v) is 4.96. The van der Waals surface area contributed by atoms with Crippen molar-refractivity contribution in [3.63, 3.8) is 0 Å². The van der Waals surface area contributed by atoms with E-state index in [1.807, 2.05) is 11.3 Å². The molecule has 84 valence electrons. The smallest absolute Gasteiger partial charge is 0.0210 e. The van der Waals surface area contributed by atoms with Gasteiger partial charge in [-0.3, -0.25) is 0 Å². The Bertz CT molecular complexity index is 437. The van der Waals surface area contributed by atoms with Crippen molar-refractivity contribution in [3.05, 3.63) is 56.7 Å². The number of alkyl halides is 1. The van der Waals surface area contributed by atoms with E-state index in [0.717, 1.165) is 11.8 Å². The maximum absolute atomic E-state index is 3.62. The van der Waals surface area contributed by atoms with E-state index in [0.29, 0.717) is 5.92 Å². The van der Waals surface area contributed by atoms with Gasteiger partial charge in [0.15, 0.2) is 0 Å². The summed E-state index contributed by atoms with van der Waals surface area (Å²) < 4.78 is 1.20. The molecule has 1 unspecified atom stereocenters. The van der Waals surface area contributed by atoms with Crippen LogP contribution in [0.4, 0.5) is 0 Å². The molecule has 0 aliphatic carbocycles. The second-order valence-electron chi connectivity index (χ2n) is 3.66. The Morgan fingerprint density at radius 3 is 2.56 bits per heavy atom. The Labute approximate surface area is 117 Å². The van der Waals surface area contributed by atoms with Gasteiger partial charge in [0.05, 0.1) is 0 Å². The van der Waals surface area contributed by atoms with Crippen LogP contribution in [0.3, 0.4) is 0 Å². The lowest BCUT2D eigenvalue weighted by Gasteiger charge is -2.15. The summed E-state index contributed by atoms with van der Waals surface area (Å²) >= 11 is 9.07. The molecule has 0 radical (unpaired) electrons. The molecule has 16 heavy (non-hydrogen) atoms. The highest BCUT2D eigenvalue weighted by molar-refractivity contribution is 9.10. The maximum atomic E-state index is 3.62. The zero-order valence-electron chi connectivity index (χ0n) is 8.70. The number of halogens is 2. The monoisotopic (exact) mass is 358 g/mol. The average Bonchev–Trinajstić information content (AvgIpc) is 2.80. The van der Waals surface area contributed by atoms with E-state index < -0.39 is 0 Å². The third kappa shape index (κ3) is 2.96. The van der Waals surface area contributed by atoms with Crippen molar-refractivity contribution in [1.29, 1.82) is 0 Å². The van der Waals surface area contributed by atoms with Gasteiger partial charge in [-0.1, -0.05) is 56.1 Å². The van der Waals surface area contributed by atoms with Crippen molar-refractivity contribution in [1.82, 2.24) is 0 Å². The van der Waals surface area contributed by atoms with E-state index in [-0.39, 0.29) is 0 Å². The maximum Gasteiger partial charge on any atom is 0.0210 e. The van der Waals surface area contributed by atoms with E-state index in [1.165, 1.54) is 14.9 Å². The fourth-order valence-corrected chi connectivity index (χ4v) is 3.70. The van der Waals surface area contributed by atoms with Gasteiger partial charge in [0.2, 0.25) is 0 Å². The Morgan fingerprint density at radius 1 is 1.12 bits per heavy atom. The number of thiophene rings is 1. The van der Waals surface area contributed by atoms with Crippen LogP contribution in [0.5, 0.6) is 0 Å². The molecule has 0 N–H and O–H groups in total. The second-order valence-corrected chi connectivity index (χ2v) is 6.19. The van der Waals surface area contributed by atoms with Gasteiger partial charge < -0.3 is 0 Å². The highest BCUT2D eigenvalue weighted by Crippen LogP contribution is 2.30. The van der Waals surface area contributed by atoms with Crippen LogP contribution in [0.1, 0.15) is 16.4 Å². The highest BCUT2D eigenvalue weighted by Gasteiger charge is 2.14. The lowest BCUT2D eigenvalue weighted by atomic mass is 9.97. The molecule has 1 heterocycles. The lowest BCUT2D eigenvalue weighted by Crippen LogP contribution is -2.04. The van der Waals surface area contributed by atoms with Crippen LogP contribution in [0.2, 0.25) is 0 Å². The first kappa shape index (κ1) is 12.3. The van der Waals surface area contributed by atoms with Crippen molar-refractivity contribution >= 4 is 43.2 Å². The molecule has 0 saturated heterocycles. The van der Waals surface area contributed by atoms with Crippen molar-refractivity contribution in [2.24, 2.45) is 0 Å². The fraction of sp³-hybridized carbons (Fsp3) is 0.231. The Kier molecular flexibility index (Phi) is 4.62. The number of benzene rings is 1. The summed E-state index contributed by atoms with van der Waals surface area (Å²) in [7, 11) is 0. The van der Waals surface area contributed by atoms with E-state index in [9.17, 15) is 0 Å². The first-order valence-electron chi connectivity index (χ1n) is 5.14. The molecular formula is C13H12Br2S. The predicted molar refractivity (Wildman–Crippen MR) is 78.7 cm³/mol. The topological polar surface area (TPSA) is 0 Å². The molecule has 2 rings (SSSR count). The zero-order valence-corrected chi connectivity index (χ0v) is 12.7. The highest BCUT2D eigenvalue weighted by atomic mass is 79.9. The first-order chi connectivity index (χ1) is 7.81. The third-order valence-electron chi connectivity index (χ3n) is 2.56. The van der Waals surface area contributed by atoms with Gasteiger partial charge in [0, 0.05) is 14.7 Å². The van der Waals surface area contributed by atoms with Crippen LogP contribution in [0.15, 0.2) is 46.3 Å². The molecule has 1 atom stereocenters. The largest absolute Gasteiger partial charge is 0.149 e. The van der Waals surface area contributed by atoms with Crippen LogP contribution in [-0.4, -0.2) is 5.33 Å². The van der Waals surface area contributed by atoms with Gasteiger partial charge in [-0.15, -0.1) is 11.3 Å². The molecule has 0 fully saturated rings. The molecule has 1 aromatic carbocycles. The summed E-state index contributed by atoms with van der Waals surface area (Å²) in [6, 6.07) is 12.8. The van der Waals surface area contributed by atoms with E-state index in [4.69, 9.17) is 0 Å². The molecule has 0 aliphatic rings. The molecule has 0 bridgehead atoms. The minimum absolute atomic E-state index is 0.536. The summed E-state index contributed by atoms with van der Waals surface area (Å²) in [5.41, 5.74) is 1.38. The van der Waals surface area contributed by atoms with E-state index in [1.54, 1.807) is 0 Å². The minimum Gasteiger partial charge on any atom is -0.149 e. The van der Waals surface area contributed by atoms with Gasteiger partial charge in [-0.25, -0.2) is 0 Å². The molecule has 0 aliphatic heterocycles. The molecule has 1 aromatic heterocycles. The quantitative estimate of drug-likeness (QED) is 0.655. The molecule has 0 amide bonds. The van der Waals surface area contributed by atoms with Crippen LogP contribution >= 0.6 is 43.2 Å². The van der Waals surface area contributed by atoms with E-state index in [2.05, 4.69) is 73.6 Å². The van der Waals surface area contributed by atoms with Crippen molar-refractivity contribution in [2.75, 3.05) is 5.33 Å². The van der Waals surface area contributed by atoms with Crippen LogP contribution in [-0.2, 0) is 6.42 Å². The minimum atomic E-state index is 0.536. The standard InChI is InChI=1S/C13H12Br2S/c14-9-10(8-11-4-3-7-16-11)12-5-1-2-6-13(12)15/h1-7,10H,8-9H2. The molecular weight excluding hydrogens is 348 g/mol. The summed E-state index contributed by atoms with van der Waals surface area (Å²) in [6.07, 6.45) is 1.10. The van der Waals surface area contributed by atoms with Gasteiger partial charge in [-0.2, -0.15) is 0 Å². The van der Waals surface area contributed by atoms with Crippen LogP contribution in [0, 0.1) is 0 Å². The summed E-state index contributed by atoms with van der Waals surface area (Å²) in [5, 5.41) is 3.13. The number of rotatable bonds is 4. The van der Waals surface area contributed by atoms with Crippen LogP contribution < -0.4 is 0 Å². The normalized spacial score (nSPS) is 12.6. The van der Waals surface area contributed by atoms with Crippen molar-refractivity contribution in [3.8, 4) is 0 Å². The fourth-order valence-electron chi connectivity index (χ4n) is 1.73. The van der Waals surface area contributed by atoms with Gasteiger partial charge >= 0.3 is 0 Å². The number of hydrogen-bond acceptors (Lipinski definition) is 1. The van der Waals surface area contributed by atoms with Crippen molar-refractivity contribution in [2.45, 2.75) is 12.3 Å². The molecule has 2 aromatic rings. The predicted octanol–water partition coefficient (Wildman–Crippen LogP) is 5.23. The Balaban J connectivity index is 2.20. The lowest BCUT2D eigenvalue weighted by molar-refractivity contribution is 0.781. The SMILES string of the molecule is BrCC(Cc1cccs1)c1ccccc1Br. The van der Waals surface area contributed by atoms with Gasteiger partial charge in [0.1, 0.15) is 0 Å². The molecule has 0 saturated carbocycles. The Morgan fingerprint density at radius 2 is 1.94 bits per heavy atom. The van der Waals surface area contributed by atoms with E-state index >= 15 is 0 Å². The van der Waals surface area contributed by atoms with Crippen molar-refractivity contribution < 1.29 is 0 Å². The van der Waals surface area contributed by atoms with Crippen LogP contribution in [0.25, 0.3) is 0 Å². The van der Waals surface area contributed by atoms with Gasteiger partial charge in [-0.05, 0) is 35.4 Å². The molecule has 0 nitrogen and oxygen atoms in total. The first-order valence-corrected chi connectivity index (χ1v) is 7.93. The van der Waals surface area contributed by atoms with Gasteiger partial charge in [0.25, 0.3) is 0 Å². The summed E-state index contributed by atoms with van der Waals surface area (Å²) in [6.45, 7) is 0. The Hall–Kier alpha value is -0.120. The summed E-state index contributed by atoms with van der Waals surface area (Å²) in [4.78, 5) is 1.44. The average molecular weight is 360 g/mol. The molecule has 3 heteroatoms.